The predicted octanol–water partition coefficient (Wildman–Crippen LogP) is 3.34. The lowest BCUT2D eigenvalue weighted by atomic mass is 10.1. The summed E-state index contributed by atoms with van der Waals surface area (Å²) in [6, 6.07) is 12.5. The van der Waals surface area contributed by atoms with Crippen LogP contribution in [0.4, 0.5) is 5.69 Å². The molecule has 1 amide bonds. The maximum Gasteiger partial charge on any atom is 0.338 e. The molecule has 108 valence electrons. The number of carbonyl (C=O) groups excluding carboxylic acids is 2. The number of amides is 1. The van der Waals surface area contributed by atoms with E-state index in [0.29, 0.717) is 22.4 Å². The smallest absolute Gasteiger partial charge is 0.338 e. The number of benzene rings is 2. The van der Waals surface area contributed by atoms with Crippen molar-refractivity contribution in [3.8, 4) is 0 Å². The first-order valence-corrected chi connectivity index (χ1v) is 6.59. The minimum Gasteiger partial charge on any atom is -0.465 e. The van der Waals surface area contributed by atoms with E-state index in [1.165, 1.54) is 7.11 Å². The fraction of sp³-hybridized carbons (Fsp3) is 0.176. The van der Waals surface area contributed by atoms with Gasteiger partial charge in [0.1, 0.15) is 0 Å². The van der Waals surface area contributed by atoms with Crippen molar-refractivity contribution in [3.63, 3.8) is 0 Å². The molecule has 1 N–H and O–H groups in total. The fourth-order valence-electron chi connectivity index (χ4n) is 2.12. The summed E-state index contributed by atoms with van der Waals surface area (Å²) in [7, 11) is 1.33. The average Bonchev–Trinajstić information content (AvgIpc) is 2.49. The lowest BCUT2D eigenvalue weighted by Crippen LogP contribution is -2.15. The number of hydrogen-bond acceptors (Lipinski definition) is 3. The summed E-state index contributed by atoms with van der Waals surface area (Å²) in [6.07, 6.45) is 0. The second-order valence-corrected chi connectivity index (χ2v) is 4.74. The van der Waals surface area contributed by atoms with E-state index in [0.717, 1.165) is 5.56 Å². The Kier molecular flexibility index (Phi) is 4.38. The van der Waals surface area contributed by atoms with Gasteiger partial charge < -0.3 is 10.1 Å². The second kappa shape index (κ2) is 6.22. The molecule has 0 aliphatic carbocycles. The Balaban J connectivity index is 2.30. The molecule has 0 atom stereocenters. The van der Waals surface area contributed by atoms with Crippen LogP contribution in [0.15, 0.2) is 42.5 Å². The third-order valence-electron chi connectivity index (χ3n) is 3.38. The zero-order chi connectivity index (χ0) is 15.4. The monoisotopic (exact) mass is 283 g/mol. The molecule has 0 aliphatic rings. The normalized spacial score (nSPS) is 10.0. The van der Waals surface area contributed by atoms with Gasteiger partial charge in [-0.2, -0.15) is 0 Å². The molecule has 21 heavy (non-hydrogen) atoms. The second-order valence-electron chi connectivity index (χ2n) is 4.74. The summed E-state index contributed by atoms with van der Waals surface area (Å²) in [6.45, 7) is 3.66. The van der Waals surface area contributed by atoms with Gasteiger partial charge in [0.2, 0.25) is 0 Å². The van der Waals surface area contributed by atoms with E-state index in [1.54, 1.807) is 31.2 Å². The highest BCUT2D eigenvalue weighted by Gasteiger charge is 2.14. The minimum absolute atomic E-state index is 0.196. The molecule has 0 radical (unpaired) electrons. The van der Waals surface area contributed by atoms with Crippen LogP contribution in [0.5, 0.6) is 0 Å². The summed E-state index contributed by atoms with van der Waals surface area (Å²) in [4.78, 5) is 24.0. The lowest BCUT2D eigenvalue weighted by molar-refractivity contribution is 0.0599. The maximum absolute atomic E-state index is 12.3. The minimum atomic E-state index is -0.417. The van der Waals surface area contributed by atoms with Gasteiger partial charge in [0.05, 0.1) is 12.7 Å². The van der Waals surface area contributed by atoms with Gasteiger partial charge in [0, 0.05) is 11.3 Å². The van der Waals surface area contributed by atoms with Crippen LogP contribution in [0.25, 0.3) is 0 Å². The van der Waals surface area contributed by atoms with E-state index >= 15 is 0 Å². The molecule has 0 saturated heterocycles. The van der Waals surface area contributed by atoms with Crippen molar-refractivity contribution >= 4 is 17.6 Å². The number of hydrogen-bond donors (Lipinski definition) is 1. The third kappa shape index (κ3) is 3.11. The van der Waals surface area contributed by atoms with Gasteiger partial charge in [-0.3, -0.25) is 4.79 Å². The number of aryl methyl sites for hydroxylation is 1. The van der Waals surface area contributed by atoms with Crippen LogP contribution in [-0.4, -0.2) is 19.0 Å². The van der Waals surface area contributed by atoms with Crippen LogP contribution < -0.4 is 5.32 Å². The molecule has 0 aliphatic heterocycles. The zero-order valence-corrected chi connectivity index (χ0v) is 12.3. The molecule has 2 aromatic rings. The highest BCUT2D eigenvalue weighted by Crippen LogP contribution is 2.21. The molecule has 4 heteroatoms. The maximum atomic E-state index is 12.3. The van der Waals surface area contributed by atoms with E-state index < -0.39 is 5.97 Å². The van der Waals surface area contributed by atoms with Crippen LogP contribution in [0.1, 0.15) is 31.8 Å². The number of anilines is 1. The van der Waals surface area contributed by atoms with Gasteiger partial charge in [-0.25, -0.2) is 4.79 Å². The fourth-order valence-corrected chi connectivity index (χ4v) is 2.12. The SMILES string of the molecule is COC(=O)c1cccc(NC(=O)c2ccccc2C)c1C. The number of rotatable bonds is 3. The number of ether oxygens (including phenoxy) is 1. The Morgan fingerprint density at radius 3 is 2.29 bits per heavy atom. The molecular weight excluding hydrogens is 266 g/mol. The Morgan fingerprint density at radius 2 is 1.62 bits per heavy atom. The van der Waals surface area contributed by atoms with Crippen molar-refractivity contribution in [2.45, 2.75) is 13.8 Å². The van der Waals surface area contributed by atoms with Gasteiger partial charge in [-0.15, -0.1) is 0 Å². The van der Waals surface area contributed by atoms with Crippen molar-refractivity contribution in [3.05, 3.63) is 64.7 Å². The van der Waals surface area contributed by atoms with Gasteiger partial charge in [0.15, 0.2) is 0 Å². The molecule has 2 aromatic carbocycles. The molecule has 0 aromatic heterocycles. The van der Waals surface area contributed by atoms with Crippen molar-refractivity contribution in [1.29, 1.82) is 0 Å². The highest BCUT2D eigenvalue weighted by atomic mass is 16.5. The van der Waals surface area contributed by atoms with E-state index in [-0.39, 0.29) is 5.91 Å². The number of methoxy groups -OCH3 is 1. The van der Waals surface area contributed by atoms with Crippen LogP contribution in [0.2, 0.25) is 0 Å². The van der Waals surface area contributed by atoms with E-state index in [4.69, 9.17) is 4.74 Å². The van der Waals surface area contributed by atoms with Crippen LogP contribution >= 0.6 is 0 Å². The molecule has 4 nitrogen and oxygen atoms in total. The highest BCUT2D eigenvalue weighted by molar-refractivity contribution is 6.06. The number of carbonyl (C=O) groups is 2. The quantitative estimate of drug-likeness (QED) is 0.879. The van der Waals surface area contributed by atoms with Gasteiger partial charge in [-0.05, 0) is 43.2 Å². The first-order chi connectivity index (χ1) is 10.0. The summed E-state index contributed by atoms with van der Waals surface area (Å²) in [5, 5.41) is 2.84. The summed E-state index contributed by atoms with van der Waals surface area (Å²) in [5.74, 6) is -0.613. The first-order valence-electron chi connectivity index (χ1n) is 6.59. The average molecular weight is 283 g/mol. The molecule has 0 spiro atoms. The molecule has 0 bridgehead atoms. The van der Waals surface area contributed by atoms with Gasteiger partial charge >= 0.3 is 5.97 Å². The molecule has 0 unspecified atom stereocenters. The van der Waals surface area contributed by atoms with E-state index in [9.17, 15) is 9.59 Å². The summed E-state index contributed by atoms with van der Waals surface area (Å²) in [5.41, 5.74) is 3.25. The lowest BCUT2D eigenvalue weighted by Gasteiger charge is -2.12. The van der Waals surface area contributed by atoms with Crippen LogP contribution in [0.3, 0.4) is 0 Å². The topological polar surface area (TPSA) is 55.4 Å². The molecule has 0 saturated carbocycles. The largest absolute Gasteiger partial charge is 0.465 e. The zero-order valence-electron chi connectivity index (χ0n) is 12.3. The van der Waals surface area contributed by atoms with E-state index in [1.807, 2.05) is 25.1 Å². The van der Waals surface area contributed by atoms with Crippen LogP contribution in [-0.2, 0) is 4.74 Å². The molecule has 2 rings (SSSR count). The van der Waals surface area contributed by atoms with Gasteiger partial charge in [-0.1, -0.05) is 24.3 Å². The van der Waals surface area contributed by atoms with Crippen LogP contribution in [0, 0.1) is 13.8 Å². The predicted molar refractivity (Wildman–Crippen MR) is 81.7 cm³/mol. The Hall–Kier alpha value is -2.62. The number of esters is 1. The Bertz CT molecular complexity index is 692. The summed E-state index contributed by atoms with van der Waals surface area (Å²) >= 11 is 0. The Morgan fingerprint density at radius 1 is 0.952 bits per heavy atom. The van der Waals surface area contributed by atoms with Crippen molar-refractivity contribution in [2.75, 3.05) is 12.4 Å². The van der Waals surface area contributed by atoms with E-state index in [2.05, 4.69) is 5.32 Å². The first kappa shape index (κ1) is 14.8. The molecule has 0 heterocycles. The van der Waals surface area contributed by atoms with Crippen molar-refractivity contribution in [1.82, 2.24) is 0 Å². The van der Waals surface area contributed by atoms with Crippen molar-refractivity contribution < 1.29 is 14.3 Å². The standard InChI is InChI=1S/C17H17NO3/c1-11-7-4-5-8-13(11)16(19)18-15-10-6-9-14(12(15)2)17(20)21-3/h4-10H,1-3H3,(H,18,19). The third-order valence-corrected chi connectivity index (χ3v) is 3.38. The number of nitrogens with one attached hydrogen (secondary N) is 1. The van der Waals surface area contributed by atoms with Crippen molar-refractivity contribution in [2.24, 2.45) is 0 Å². The molecule has 0 fully saturated rings. The molecular formula is C17H17NO3. The summed E-state index contributed by atoms with van der Waals surface area (Å²) < 4.78 is 4.73. The van der Waals surface area contributed by atoms with Gasteiger partial charge in [0.25, 0.3) is 5.91 Å². The Labute approximate surface area is 123 Å².